The van der Waals surface area contributed by atoms with Crippen molar-refractivity contribution in [1.82, 2.24) is 0 Å². The summed E-state index contributed by atoms with van der Waals surface area (Å²) in [6.07, 6.45) is 1.10. The summed E-state index contributed by atoms with van der Waals surface area (Å²) < 4.78 is 0. The Bertz CT molecular complexity index is 576. The Kier molecular flexibility index (Phi) is 3.53. The maximum atomic E-state index is 11.5. The van der Waals surface area contributed by atoms with E-state index in [1.807, 2.05) is 36.4 Å². The van der Waals surface area contributed by atoms with E-state index in [1.54, 1.807) is 12.1 Å². The predicted octanol–water partition coefficient (Wildman–Crippen LogP) is 2.19. The van der Waals surface area contributed by atoms with Crippen LogP contribution >= 0.6 is 0 Å². The summed E-state index contributed by atoms with van der Waals surface area (Å²) in [6.45, 7) is 0. The second kappa shape index (κ2) is 5.27. The van der Waals surface area contributed by atoms with E-state index in [2.05, 4.69) is 0 Å². The maximum absolute atomic E-state index is 11.5. The van der Waals surface area contributed by atoms with Gasteiger partial charge in [0, 0.05) is 12.0 Å². The minimum atomic E-state index is -0.485. The third-order valence-corrected chi connectivity index (χ3v) is 2.78. The molecule has 0 saturated carbocycles. The lowest BCUT2D eigenvalue weighted by Crippen LogP contribution is -2.13. The third-order valence-electron chi connectivity index (χ3n) is 2.78. The number of amides is 1. The zero-order valence-electron chi connectivity index (χ0n) is 9.80. The number of nitrogens with two attached hydrogens (primary N) is 1. The van der Waals surface area contributed by atoms with Gasteiger partial charge in [-0.25, -0.2) is 0 Å². The van der Waals surface area contributed by atoms with Gasteiger partial charge in [0.1, 0.15) is 6.29 Å². The molecule has 2 aromatic rings. The number of aldehydes is 1. The number of hydrogen-bond donors (Lipinski definition) is 1. The monoisotopic (exact) mass is 239 g/mol. The van der Waals surface area contributed by atoms with Crippen LogP contribution < -0.4 is 5.73 Å². The molecule has 0 radical (unpaired) electrons. The number of primary amides is 1. The van der Waals surface area contributed by atoms with Gasteiger partial charge in [-0.15, -0.1) is 0 Å². The zero-order valence-corrected chi connectivity index (χ0v) is 9.80. The molecule has 0 unspecified atom stereocenters. The second-order valence-electron chi connectivity index (χ2n) is 3.94. The molecule has 0 atom stereocenters. The molecular weight excluding hydrogens is 226 g/mol. The van der Waals surface area contributed by atoms with Crippen LogP contribution in [0.5, 0.6) is 0 Å². The Morgan fingerprint density at radius 1 is 1.06 bits per heavy atom. The molecule has 0 saturated heterocycles. The molecule has 3 nitrogen and oxygen atoms in total. The summed E-state index contributed by atoms with van der Waals surface area (Å²) in [6, 6.07) is 14.7. The van der Waals surface area contributed by atoms with E-state index in [0.717, 1.165) is 23.0 Å². The van der Waals surface area contributed by atoms with Gasteiger partial charge in [-0.3, -0.25) is 4.79 Å². The van der Waals surface area contributed by atoms with Gasteiger partial charge in [0.05, 0.1) is 0 Å². The van der Waals surface area contributed by atoms with E-state index in [4.69, 9.17) is 5.73 Å². The van der Waals surface area contributed by atoms with Crippen molar-refractivity contribution >= 4 is 12.2 Å². The first-order valence-corrected chi connectivity index (χ1v) is 5.65. The molecule has 2 rings (SSSR count). The Labute approximate surface area is 105 Å². The van der Waals surface area contributed by atoms with Gasteiger partial charge in [-0.2, -0.15) is 0 Å². The first-order chi connectivity index (χ1) is 8.74. The van der Waals surface area contributed by atoms with Gasteiger partial charge in [0.2, 0.25) is 5.91 Å². The number of hydrogen-bond acceptors (Lipinski definition) is 2. The van der Waals surface area contributed by atoms with Crippen molar-refractivity contribution < 1.29 is 9.59 Å². The standard InChI is InChI=1S/C15H13NO2/c16-15(18)13-8-4-7-12(9-10-17)14(13)11-5-2-1-3-6-11/h1-8,10H,9H2,(H2,16,18). The third kappa shape index (κ3) is 2.30. The average Bonchev–Trinajstić information content (AvgIpc) is 2.40. The molecule has 0 spiro atoms. The van der Waals surface area contributed by atoms with Crippen LogP contribution in [0.4, 0.5) is 0 Å². The van der Waals surface area contributed by atoms with Crippen LogP contribution in [0.1, 0.15) is 15.9 Å². The summed E-state index contributed by atoms with van der Waals surface area (Å²) in [5.74, 6) is -0.485. The van der Waals surface area contributed by atoms with Gasteiger partial charge in [-0.1, -0.05) is 42.5 Å². The van der Waals surface area contributed by atoms with Crippen molar-refractivity contribution in [2.24, 2.45) is 5.73 Å². The Hall–Kier alpha value is -2.42. The van der Waals surface area contributed by atoms with Crippen molar-refractivity contribution in [3.63, 3.8) is 0 Å². The molecule has 3 heteroatoms. The quantitative estimate of drug-likeness (QED) is 0.831. The van der Waals surface area contributed by atoms with E-state index in [-0.39, 0.29) is 6.42 Å². The highest BCUT2D eigenvalue weighted by molar-refractivity contribution is 6.01. The molecule has 0 aliphatic carbocycles. The second-order valence-corrected chi connectivity index (χ2v) is 3.94. The van der Waals surface area contributed by atoms with Gasteiger partial charge in [0.15, 0.2) is 0 Å². The van der Waals surface area contributed by atoms with Crippen LogP contribution in [0.25, 0.3) is 11.1 Å². The molecule has 0 fully saturated rings. The van der Waals surface area contributed by atoms with Gasteiger partial charge >= 0.3 is 0 Å². The Morgan fingerprint density at radius 2 is 1.78 bits per heavy atom. The van der Waals surface area contributed by atoms with E-state index in [9.17, 15) is 9.59 Å². The summed E-state index contributed by atoms with van der Waals surface area (Å²) in [5, 5.41) is 0. The Balaban J connectivity index is 2.68. The van der Waals surface area contributed by atoms with Gasteiger partial charge in [0.25, 0.3) is 0 Å². The molecule has 18 heavy (non-hydrogen) atoms. The number of benzene rings is 2. The van der Waals surface area contributed by atoms with Crippen molar-refractivity contribution in [3.8, 4) is 11.1 Å². The number of rotatable bonds is 4. The molecule has 0 aliphatic rings. The summed E-state index contributed by atoms with van der Waals surface area (Å²) in [4.78, 5) is 22.2. The highest BCUT2D eigenvalue weighted by atomic mass is 16.1. The maximum Gasteiger partial charge on any atom is 0.249 e. The summed E-state index contributed by atoms with van der Waals surface area (Å²) >= 11 is 0. The zero-order chi connectivity index (χ0) is 13.0. The van der Waals surface area contributed by atoms with E-state index in [1.165, 1.54) is 0 Å². The number of carbonyl (C=O) groups excluding carboxylic acids is 2. The fourth-order valence-corrected chi connectivity index (χ4v) is 2.01. The SMILES string of the molecule is NC(=O)c1cccc(CC=O)c1-c1ccccc1. The van der Waals surface area contributed by atoms with Crippen molar-refractivity contribution in [1.29, 1.82) is 0 Å². The number of carbonyl (C=O) groups is 2. The van der Waals surface area contributed by atoms with Crippen LogP contribution in [0, 0.1) is 0 Å². The fraction of sp³-hybridized carbons (Fsp3) is 0.0667. The summed E-state index contributed by atoms with van der Waals surface area (Å²) in [5.41, 5.74) is 8.29. The first kappa shape index (κ1) is 12.0. The molecule has 1 amide bonds. The molecule has 90 valence electrons. The van der Waals surface area contributed by atoms with E-state index < -0.39 is 5.91 Å². The minimum Gasteiger partial charge on any atom is -0.366 e. The largest absolute Gasteiger partial charge is 0.366 e. The predicted molar refractivity (Wildman–Crippen MR) is 70.2 cm³/mol. The van der Waals surface area contributed by atoms with Gasteiger partial charge in [-0.05, 0) is 22.8 Å². The minimum absolute atomic E-state index is 0.269. The molecule has 0 aromatic heterocycles. The molecular formula is C15H13NO2. The van der Waals surface area contributed by atoms with E-state index >= 15 is 0 Å². The van der Waals surface area contributed by atoms with Crippen molar-refractivity contribution in [3.05, 3.63) is 59.7 Å². The van der Waals surface area contributed by atoms with Gasteiger partial charge < -0.3 is 10.5 Å². The highest BCUT2D eigenvalue weighted by Gasteiger charge is 2.13. The first-order valence-electron chi connectivity index (χ1n) is 5.65. The topological polar surface area (TPSA) is 60.2 Å². The van der Waals surface area contributed by atoms with Crippen LogP contribution in [-0.2, 0) is 11.2 Å². The normalized spacial score (nSPS) is 10.0. The molecule has 0 aliphatic heterocycles. The molecule has 2 aromatic carbocycles. The highest BCUT2D eigenvalue weighted by Crippen LogP contribution is 2.27. The smallest absolute Gasteiger partial charge is 0.249 e. The van der Waals surface area contributed by atoms with Crippen LogP contribution in [-0.4, -0.2) is 12.2 Å². The lowest BCUT2D eigenvalue weighted by molar-refractivity contribution is -0.107. The average molecular weight is 239 g/mol. The van der Waals surface area contributed by atoms with Crippen LogP contribution in [0.3, 0.4) is 0 Å². The fourth-order valence-electron chi connectivity index (χ4n) is 2.01. The van der Waals surface area contributed by atoms with Crippen LogP contribution in [0.2, 0.25) is 0 Å². The van der Waals surface area contributed by atoms with Crippen LogP contribution in [0.15, 0.2) is 48.5 Å². The lowest BCUT2D eigenvalue weighted by Gasteiger charge is -2.11. The molecule has 0 bridgehead atoms. The van der Waals surface area contributed by atoms with Crippen molar-refractivity contribution in [2.75, 3.05) is 0 Å². The van der Waals surface area contributed by atoms with Crippen molar-refractivity contribution in [2.45, 2.75) is 6.42 Å². The molecule has 2 N–H and O–H groups in total. The molecule has 0 heterocycles. The Morgan fingerprint density at radius 3 is 2.39 bits per heavy atom. The lowest BCUT2D eigenvalue weighted by atomic mass is 9.93. The summed E-state index contributed by atoms with van der Waals surface area (Å²) in [7, 11) is 0. The van der Waals surface area contributed by atoms with E-state index in [0.29, 0.717) is 5.56 Å².